The molecule has 0 aromatic heterocycles. The molecule has 0 radical (unpaired) electrons. The number of aliphatic hydroxyl groups excluding tert-OH is 1. The van der Waals surface area contributed by atoms with E-state index in [1.165, 1.54) is 31.2 Å². The molecule has 2 atom stereocenters. The van der Waals surface area contributed by atoms with Crippen LogP contribution in [0.3, 0.4) is 0 Å². The Balaban J connectivity index is 0.00000420. The molecular formula is C19H26ClN3O5S. The summed E-state index contributed by atoms with van der Waals surface area (Å²) in [6, 6.07) is 14.9. The topological polar surface area (TPSA) is 117 Å². The van der Waals surface area contributed by atoms with Crippen LogP contribution >= 0.6 is 12.4 Å². The van der Waals surface area contributed by atoms with Gasteiger partial charge in [0.15, 0.2) is 0 Å². The number of amides is 1. The van der Waals surface area contributed by atoms with Crippen LogP contribution in [0.5, 0.6) is 5.75 Å². The SMILES string of the molecule is CC(=O)Nc1ccc(S(=O)(=O)NC(C)NCC(O)COc2ccccc2)cc1.Cl. The molecule has 0 aliphatic rings. The summed E-state index contributed by atoms with van der Waals surface area (Å²) < 4.78 is 32.7. The number of ether oxygens (including phenoxy) is 1. The Morgan fingerprint density at radius 2 is 1.72 bits per heavy atom. The van der Waals surface area contributed by atoms with Crippen molar-refractivity contribution >= 4 is 34.0 Å². The molecule has 0 aliphatic carbocycles. The fraction of sp³-hybridized carbons (Fsp3) is 0.316. The third kappa shape index (κ3) is 8.80. The van der Waals surface area contributed by atoms with Gasteiger partial charge in [0, 0.05) is 19.2 Å². The normalized spacial score (nSPS) is 13.1. The lowest BCUT2D eigenvalue weighted by Crippen LogP contribution is -2.46. The van der Waals surface area contributed by atoms with Crippen molar-refractivity contribution in [2.45, 2.75) is 31.0 Å². The third-order valence-corrected chi connectivity index (χ3v) is 5.22. The maximum absolute atomic E-state index is 12.4. The molecule has 160 valence electrons. The summed E-state index contributed by atoms with van der Waals surface area (Å²) in [5.74, 6) is 0.416. The fourth-order valence-corrected chi connectivity index (χ4v) is 3.52. The molecule has 0 saturated heterocycles. The molecule has 0 fully saturated rings. The van der Waals surface area contributed by atoms with Gasteiger partial charge in [-0.2, -0.15) is 4.72 Å². The number of carbonyl (C=O) groups is 1. The minimum Gasteiger partial charge on any atom is -0.491 e. The minimum absolute atomic E-state index is 0. The zero-order chi connectivity index (χ0) is 20.6. The van der Waals surface area contributed by atoms with E-state index in [1.807, 2.05) is 18.2 Å². The maximum Gasteiger partial charge on any atom is 0.241 e. The third-order valence-electron chi connectivity index (χ3n) is 3.66. The number of benzene rings is 2. The Labute approximate surface area is 177 Å². The van der Waals surface area contributed by atoms with Gasteiger partial charge < -0.3 is 15.2 Å². The van der Waals surface area contributed by atoms with Crippen molar-refractivity contribution in [2.24, 2.45) is 0 Å². The number of anilines is 1. The molecule has 1 amide bonds. The Morgan fingerprint density at radius 1 is 1.10 bits per heavy atom. The first-order valence-electron chi connectivity index (χ1n) is 8.75. The predicted molar refractivity (Wildman–Crippen MR) is 114 cm³/mol. The number of hydrogen-bond acceptors (Lipinski definition) is 6. The van der Waals surface area contributed by atoms with Crippen LogP contribution in [0.4, 0.5) is 5.69 Å². The molecule has 2 aromatic rings. The summed E-state index contributed by atoms with van der Waals surface area (Å²) in [6.45, 7) is 3.24. The van der Waals surface area contributed by atoms with E-state index in [4.69, 9.17) is 4.74 Å². The highest BCUT2D eigenvalue weighted by Crippen LogP contribution is 2.14. The lowest BCUT2D eigenvalue weighted by molar-refractivity contribution is -0.114. The van der Waals surface area contributed by atoms with Crippen LogP contribution in [-0.2, 0) is 14.8 Å². The zero-order valence-electron chi connectivity index (χ0n) is 16.2. The smallest absolute Gasteiger partial charge is 0.241 e. The Hall–Kier alpha value is -2.17. The van der Waals surface area contributed by atoms with Gasteiger partial charge in [-0.3, -0.25) is 10.1 Å². The van der Waals surface area contributed by atoms with E-state index in [9.17, 15) is 18.3 Å². The summed E-state index contributed by atoms with van der Waals surface area (Å²) in [6.07, 6.45) is -1.41. The highest BCUT2D eigenvalue weighted by Gasteiger charge is 2.18. The van der Waals surface area contributed by atoms with Crippen LogP contribution in [0.2, 0.25) is 0 Å². The second-order valence-electron chi connectivity index (χ2n) is 6.23. The molecule has 2 aromatic carbocycles. The first-order valence-corrected chi connectivity index (χ1v) is 10.2. The van der Waals surface area contributed by atoms with Gasteiger partial charge in [0.1, 0.15) is 18.5 Å². The monoisotopic (exact) mass is 443 g/mol. The predicted octanol–water partition coefficient (Wildman–Crippen LogP) is 1.72. The van der Waals surface area contributed by atoms with Crippen molar-refractivity contribution in [2.75, 3.05) is 18.5 Å². The summed E-state index contributed by atoms with van der Waals surface area (Å²) in [7, 11) is -3.75. The van der Waals surface area contributed by atoms with E-state index in [2.05, 4.69) is 15.4 Å². The molecule has 29 heavy (non-hydrogen) atoms. The van der Waals surface area contributed by atoms with E-state index in [0.717, 1.165) is 0 Å². The van der Waals surface area contributed by atoms with E-state index in [-0.39, 0.29) is 36.4 Å². The van der Waals surface area contributed by atoms with Crippen molar-refractivity contribution in [3.8, 4) is 5.75 Å². The Morgan fingerprint density at radius 3 is 2.31 bits per heavy atom. The van der Waals surface area contributed by atoms with Crippen molar-refractivity contribution in [1.29, 1.82) is 0 Å². The first-order chi connectivity index (χ1) is 13.3. The number of sulfonamides is 1. The second kappa shape index (κ2) is 11.7. The number of halogens is 1. The van der Waals surface area contributed by atoms with E-state index < -0.39 is 22.3 Å². The van der Waals surface area contributed by atoms with Gasteiger partial charge in [-0.05, 0) is 43.3 Å². The molecule has 0 bridgehead atoms. The highest BCUT2D eigenvalue weighted by atomic mass is 35.5. The lowest BCUT2D eigenvalue weighted by Gasteiger charge is -2.19. The van der Waals surface area contributed by atoms with Crippen LogP contribution in [0, 0.1) is 0 Å². The molecular weight excluding hydrogens is 418 g/mol. The van der Waals surface area contributed by atoms with E-state index >= 15 is 0 Å². The highest BCUT2D eigenvalue weighted by molar-refractivity contribution is 7.89. The van der Waals surface area contributed by atoms with Gasteiger partial charge in [0.05, 0.1) is 11.1 Å². The molecule has 0 aliphatic heterocycles. The van der Waals surface area contributed by atoms with Crippen molar-refractivity contribution in [3.05, 3.63) is 54.6 Å². The second-order valence-corrected chi connectivity index (χ2v) is 7.95. The standard InChI is InChI=1S/C19H25N3O5S.ClH/c1-14(20-12-17(24)13-27-18-6-4-3-5-7-18)22-28(25,26)19-10-8-16(9-11-19)21-15(2)23;/h3-11,14,17,20,22,24H,12-13H2,1-2H3,(H,21,23);1H. The van der Waals surface area contributed by atoms with Crippen LogP contribution in [0.1, 0.15) is 13.8 Å². The van der Waals surface area contributed by atoms with Gasteiger partial charge >= 0.3 is 0 Å². The number of para-hydroxylation sites is 1. The summed E-state index contributed by atoms with van der Waals surface area (Å²) in [5.41, 5.74) is 0.513. The number of nitrogens with one attached hydrogen (secondary N) is 3. The zero-order valence-corrected chi connectivity index (χ0v) is 17.8. The van der Waals surface area contributed by atoms with Crippen LogP contribution in [0.25, 0.3) is 0 Å². The summed E-state index contributed by atoms with van der Waals surface area (Å²) in [5, 5.41) is 15.5. The van der Waals surface area contributed by atoms with Crippen molar-refractivity contribution in [3.63, 3.8) is 0 Å². The van der Waals surface area contributed by atoms with E-state index in [0.29, 0.717) is 11.4 Å². The number of rotatable bonds is 10. The molecule has 0 saturated carbocycles. The molecule has 0 heterocycles. The maximum atomic E-state index is 12.4. The number of carbonyl (C=O) groups excluding carboxylic acids is 1. The summed E-state index contributed by atoms with van der Waals surface area (Å²) >= 11 is 0. The quantitative estimate of drug-likeness (QED) is 0.415. The van der Waals surface area contributed by atoms with Crippen molar-refractivity contribution in [1.82, 2.24) is 10.0 Å². The Kier molecular flexibility index (Phi) is 10.1. The van der Waals surface area contributed by atoms with Crippen LogP contribution < -0.4 is 20.1 Å². The average molecular weight is 444 g/mol. The molecule has 8 nitrogen and oxygen atoms in total. The van der Waals surface area contributed by atoms with Crippen molar-refractivity contribution < 1.29 is 23.1 Å². The lowest BCUT2D eigenvalue weighted by atomic mass is 10.3. The van der Waals surface area contributed by atoms with Gasteiger partial charge in [-0.1, -0.05) is 18.2 Å². The molecule has 10 heteroatoms. The molecule has 4 N–H and O–H groups in total. The largest absolute Gasteiger partial charge is 0.491 e. The Bertz CT molecular complexity index is 863. The van der Waals surface area contributed by atoms with Crippen LogP contribution in [0.15, 0.2) is 59.5 Å². The average Bonchev–Trinajstić information content (AvgIpc) is 2.65. The minimum atomic E-state index is -3.75. The van der Waals surface area contributed by atoms with Gasteiger partial charge in [-0.15, -0.1) is 12.4 Å². The van der Waals surface area contributed by atoms with Gasteiger partial charge in [0.25, 0.3) is 0 Å². The number of aliphatic hydroxyl groups is 1. The summed E-state index contributed by atoms with van der Waals surface area (Å²) in [4.78, 5) is 11.1. The molecule has 2 rings (SSSR count). The van der Waals surface area contributed by atoms with Gasteiger partial charge in [0.2, 0.25) is 15.9 Å². The number of hydrogen-bond donors (Lipinski definition) is 4. The van der Waals surface area contributed by atoms with Crippen LogP contribution in [-0.4, -0.2) is 44.9 Å². The fourth-order valence-electron chi connectivity index (χ4n) is 2.34. The van der Waals surface area contributed by atoms with E-state index in [1.54, 1.807) is 19.1 Å². The molecule has 2 unspecified atom stereocenters. The molecule has 0 spiro atoms. The van der Waals surface area contributed by atoms with Gasteiger partial charge in [-0.25, -0.2) is 8.42 Å². The first kappa shape index (κ1) is 24.9.